The molecule has 0 saturated heterocycles. The van der Waals surface area contributed by atoms with Crippen LogP contribution in [0, 0.1) is 0 Å². The lowest BCUT2D eigenvalue weighted by atomic mass is 9.98. The van der Waals surface area contributed by atoms with Crippen molar-refractivity contribution in [3.63, 3.8) is 0 Å². The van der Waals surface area contributed by atoms with Crippen LogP contribution in [0.25, 0.3) is 0 Å². The number of aryl methyl sites for hydroxylation is 1. The molecule has 0 radical (unpaired) electrons. The lowest BCUT2D eigenvalue weighted by Gasteiger charge is -2.35. The Labute approximate surface area is 156 Å². The van der Waals surface area contributed by atoms with Gasteiger partial charge in [-0.05, 0) is 30.0 Å². The Morgan fingerprint density at radius 2 is 2.04 bits per heavy atom. The standard InChI is InChI=1S/C20H30N6/c1-4-18(26-12-10-16-7-5-6-8-17(16)15-26)13-22-20(21-2)23-14-19-9-11-24-25(19)3/h5-9,11,18H,4,10,12-15H2,1-3H3,(H2,21,22,23). The maximum absolute atomic E-state index is 4.35. The van der Waals surface area contributed by atoms with E-state index in [0.29, 0.717) is 12.6 Å². The second-order valence-corrected chi connectivity index (χ2v) is 6.80. The van der Waals surface area contributed by atoms with Gasteiger partial charge in [-0.2, -0.15) is 5.10 Å². The summed E-state index contributed by atoms with van der Waals surface area (Å²) in [5.74, 6) is 0.835. The predicted octanol–water partition coefficient (Wildman–Crippen LogP) is 1.92. The van der Waals surface area contributed by atoms with Crippen molar-refractivity contribution >= 4 is 5.96 Å². The number of aliphatic imine (C=N–C) groups is 1. The Morgan fingerprint density at radius 3 is 2.73 bits per heavy atom. The van der Waals surface area contributed by atoms with Crippen molar-refractivity contribution in [3.8, 4) is 0 Å². The van der Waals surface area contributed by atoms with E-state index in [-0.39, 0.29) is 0 Å². The lowest BCUT2D eigenvalue weighted by Crippen LogP contribution is -2.48. The Balaban J connectivity index is 1.52. The van der Waals surface area contributed by atoms with E-state index in [1.54, 1.807) is 0 Å². The SMILES string of the molecule is CCC(CNC(=NC)NCc1ccnn1C)N1CCc2ccccc2C1. The second kappa shape index (κ2) is 8.85. The molecular formula is C20H30N6. The van der Waals surface area contributed by atoms with Crippen LogP contribution < -0.4 is 10.6 Å². The quantitative estimate of drug-likeness (QED) is 0.615. The van der Waals surface area contributed by atoms with Gasteiger partial charge in [-0.25, -0.2) is 0 Å². The highest BCUT2D eigenvalue weighted by atomic mass is 15.3. The third kappa shape index (κ3) is 4.43. The summed E-state index contributed by atoms with van der Waals surface area (Å²) in [5, 5.41) is 11.1. The summed E-state index contributed by atoms with van der Waals surface area (Å²) in [5.41, 5.74) is 4.10. The maximum Gasteiger partial charge on any atom is 0.191 e. The monoisotopic (exact) mass is 354 g/mol. The van der Waals surface area contributed by atoms with E-state index < -0.39 is 0 Å². The number of hydrogen-bond acceptors (Lipinski definition) is 3. The minimum absolute atomic E-state index is 0.499. The number of nitrogens with one attached hydrogen (secondary N) is 2. The van der Waals surface area contributed by atoms with Gasteiger partial charge in [-0.15, -0.1) is 0 Å². The smallest absolute Gasteiger partial charge is 0.191 e. The van der Waals surface area contributed by atoms with Crippen LogP contribution in [0.5, 0.6) is 0 Å². The molecule has 3 rings (SSSR count). The molecule has 26 heavy (non-hydrogen) atoms. The summed E-state index contributed by atoms with van der Waals surface area (Å²) in [7, 11) is 3.77. The highest BCUT2D eigenvalue weighted by Crippen LogP contribution is 2.21. The average molecular weight is 355 g/mol. The molecule has 2 heterocycles. The number of guanidine groups is 1. The molecule has 1 unspecified atom stereocenters. The fraction of sp³-hybridized carbons (Fsp3) is 0.500. The minimum atomic E-state index is 0.499. The third-order valence-corrected chi connectivity index (χ3v) is 5.24. The fourth-order valence-electron chi connectivity index (χ4n) is 3.54. The van der Waals surface area contributed by atoms with Gasteiger partial charge in [0.15, 0.2) is 5.96 Å². The molecule has 1 aliphatic heterocycles. The average Bonchev–Trinajstić information content (AvgIpc) is 3.09. The first-order valence-electron chi connectivity index (χ1n) is 9.43. The van der Waals surface area contributed by atoms with Crippen LogP contribution in [0.1, 0.15) is 30.2 Å². The molecule has 0 spiro atoms. The molecule has 1 aromatic carbocycles. The first kappa shape index (κ1) is 18.5. The largest absolute Gasteiger partial charge is 0.355 e. The molecule has 2 aromatic rings. The van der Waals surface area contributed by atoms with Gasteiger partial charge in [0.1, 0.15) is 0 Å². The van der Waals surface area contributed by atoms with E-state index >= 15 is 0 Å². The van der Waals surface area contributed by atoms with Crippen LogP contribution in [0.4, 0.5) is 0 Å². The molecule has 6 heteroatoms. The molecule has 1 aromatic heterocycles. The summed E-state index contributed by atoms with van der Waals surface area (Å²) >= 11 is 0. The van der Waals surface area contributed by atoms with Crippen molar-refractivity contribution < 1.29 is 0 Å². The first-order valence-corrected chi connectivity index (χ1v) is 9.43. The van der Waals surface area contributed by atoms with Crippen LogP contribution >= 0.6 is 0 Å². The highest BCUT2D eigenvalue weighted by Gasteiger charge is 2.22. The van der Waals surface area contributed by atoms with Gasteiger partial charge in [0, 0.05) is 46.0 Å². The van der Waals surface area contributed by atoms with Crippen LogP contribution in [-0.2, 0) is 26.6 Å². The molecule has 0 bridgehead atoms. The number of benzene rings is 1. The van der Waals surface area contributed by atoms with Crippen molar-refractivity contribution in [3.05, 3.63) is 53.3 Å². The van der Waals surface area contributed by atoms with Crippen LogP contribution in [-0.4, -0.2) is 46.8 Å². The molecule has 2 N–H and O–H groups in total. The van der Waals surface area contributed by atoms with Crippen molar-refractivity contribution in [2.75, 3.05) is 20.1 Å². The van der Waals surface area contributed by atoms with Crippen molar-refractivity contribution in [2.45, 2.75) is 38.9 Å². The van der Waals surface area contributed by atoms with E-state index in [9.17, 15) is 0 Å². The zero-order chi connectivity index (χ0) is 18.4. The summed E-state index contributed by atoms with van der Waals surface area (Å²) < 4.78 is 1.88. The van der Waals surface area contributed by atoms with Gasteiger partial charge < -0.3 is 10.6 Å². The number of aromatic nitrogens is 2. The molecule has 0 aliphatic carbocycles. The molecular weight excluding hydrogens is 324 g/mol. The normalized spacial score (nSPS) is 16.2. The van der Waals surface area contributed by atoms with E-state index in [4.69, 9.17) is 0 Å². The van der Waals surface area contributed by atoms with Gasteiger partial charge in [0.05, 0.1) is 12.2 Å². The van der Waals surface area contributed by atoms with E-state index in [1.165, 1.54) is 11.1 Å². The maximum atomic E-state index is 4.35. The van der Waals surface area contributed by atoms with Gasteiger partial charge >= 0.3 is 0 Å². The van der Waals surface area contributed by atoms with Gasteiger partial charge in [-0.3, -0.25) is 14.6 Å². The van der Waals surface area contributed by atoms with Crippen molar-refractivity contribution in [1.82, 2.24) is 25.3 Å². The van der Waals surface area contributed by atoms with Crippen molar-refractivity contribution in [1.29, 1.82) is 0 Å². The molecule has 0 fully saturated rings. The summed E-state index contributed by atoms with van der Waals surface area (Å²) in [6.45, 7) is 6.03. The molecule has 140 valence electrons. The van der Waals surface area contributed by atoms with E-state index in [2.05, 4.69) is 56.8 Å². The van der Waals surface area contributed by atoms with Gasteiger partial charge in [-0.1, -0.05) is 31.2 Å². The molecule has 1 atom stereocenters. The number of fused-ring (bicyclic) bond motifs is 1. The molecule has 0 amide bonds. The number of rotatable bonds is 6. The first-order chi connectivity index (χ1) is 12.7. The van der Waals surface area contributed by atoms with Gasteiger partial charge in [0.25, 0.3) is 0 Å². The predicted molar refractivity (Wildman–Crippen MR) is 106 cm³/mol. The molecule has 1 aliphatic rings. The summed E-state index contributed by atoms with van der Waals surface area (Å²) in [6.07, 6.45) is 4.07. The highest BCUT2D eigenvalue weighted by molar-refractivity contribution is 5.79. The second-order valence-electron chi connectivity index (χ2n) is 6.80. The number of nitrogens with zero attached hydrogens (tertiary/aromatic N) is 4. The Hall–Kier alpha value is -2.34. The van der Waals surface area contributed by atoms with Crippen LogP contribution in [0.15, 0.2) is 41.5 Å². The Morgan fingerprint density at radius 1 is 1.23 bits per heavy atom. The van der Waals surface area contributed by atoms with Crippen molar-refractivity contribution in [2.24, 2.45) is 12.0 Å². The van der Waals surface area contributed by atoms with E-state index in [1.807, 2.05) is 31.0 Å². The zero-order valence-electron chi connectivity index (χ0n) is 16.1. The number of hydrogen-bond donors (Lipinski definition) is 2. The lowest BCUT2D eigenvalue weighted by molar-refractivity contribution is 0.174. The molecule has 6 nitrogen and oxygen atoms in total. The van der Waals surface area contributed by atoms with Crippen LogP contribution in [0.2, 0.25) is 0 Å². The van der Waals surface area contributed by atoms with E-state index in [0.717, 1.165) is 44.1 Å². The van der Waals surface area contributed by atoms with Crippen LogP contribution in [0.3, 0.4) is 0 Å². The summed E-state index contributed by atoms with van der Waals surface area (Å²) in [6, 6.07) is 11.3. The molecule has 0 saturated carbocycles. The topological polar surface area (TPSA) is 57.5 Å². The minimum Gasteiger partial charge on any atom is -0.355 e. The third-order valence-electron chi connectivity index (χ3n) is 5.24. The zero-order valence-corrected chi connectivity index (χ0v) is 16.1. The van der Waals surface area contributed by atoms with Gasteiger partial charge in [0.2, 0.25) is 0 Å². The fourth-order valence-corrected chi connectivity index (χ4v) is 3.54. The Kier molecular flexibility index (Phi) is 6.28. The summed E-state index contributed by atoms with van der Waals surface area (Å²) in [4.78, 5) is 6.94. The Bertz CT molecular complexity index is 735.